The van der Waals surface area contributed by atoms with E-state index in [4.69, 9.17) is 5.73 Å². The lowest BCUT2D eigenvalue weighted by Gasteiger charge is -2.24. The molecule has 0 aromatic heterocycles. The van der Waals surface area contributed by atoms with E-state index >= 15 is 0 Å². The molecule has 0 saturated carbocycles. The average Bonchev–Trinajstić information content (AvgIpc) is 2.25. The van der Waals surface area contributed by atoms with Gasteiger partial charge in [0.15, 0.2) is 0 Å². The summed E-state index contributed by atoms with van der Waals surface area (Å²) in [5, 5.41) is 0. The molecule has 0 aliphatic rings. The number of nitrogens with zero attached hydrogens (tertiary/aromatic N) is 1. The van der Waals surface area contributed by atoms with E-state index in [9.17, 15) is 13.2 Å². The van der Waals surface area contributed by atoms with Gasteiger partial charge in [0.2, 0.25) is 0 Å². The fourth-order valence-electron chi connectivity index (χ4n) is 1.66. The van der Waals surface area contributed by atoms with Crippen molar-refractivity contribution in [2.24, 2.45) is 5.73 Å². The van der Waals surface area contributed by atoms with Gasteiger partial charge in [-0.2, -0.15) is 13.2 Å². The summed E-state index contributed by atoms with van der Waals surface area (Å²) in [5.74, 6) is 0. The topological polar surface area (TPSA) is 29.3 Å². The van der Waals surface area contributed by atoms with Crippen molar-refractivity contribution in [3.63, 3.8) is 0 Å². The minimum Gasteiger partial charge on any atom is -0.365 e. The maximum Gasteiger partial charge on any atom is 0.405 e. The quantitative estimate of drug-likeness (QED) is 0.848. The van der Waals surface area contributed by atoms with Gasteiger partial charge in [-0.25, -0.2) is 0 Å². The largest absolute Gasteiger partial charge is 0.405 e. The molecule has 0 radical (unpaired) electrons. The Labute approximate surface area is 103 Å². The van der Waals surface area contributed by atoms with Gasteiger partial charge >= 0.3 is 6.18 Å². The number of rotatable bonds is 4. The Balaban J connectivity index is 3.04. The van der Waals surface area contributed by atoms with E-state index in [1.54, 1.807) is 12.1 Å². The zero-order valence-electron chi connectivity index (χ0n) is 9.71. The molecule has 1 rings (SSSR count). The third-order valence-electron chi connectivity index (χ3n) is 2.36. The zero-order chi connectivity index (χ0) is 13.1. The van der Waals surface area contributed by atoms with E-state index in [2.05, 4.69) is 0 Å². The van der Waals surface area contributed by atoms with E-state index in [1.807, 2.05) is 12.3 Å². The lowest BCUT2D eigenvalue weighted by Crippen LogP contribution is -2.31. The van der Waals surface area contributed by atoms with Crippen LogP contribution >= 0.6 is 11.8 Å². The molecule has 0 saturated heterocycles. The number of anilines is 1. The molecule has 96 valence electrons. The summed E-state index contributed by atoms with van der Waals surface area (Å²) >= 11 is 1.48. The monoisotopic (exact) mass is 264 g/mol. The summed E-state index contributed by atoms with van der Waals surface area (Å²) in [7, 11) is 1.42. The molecule has 0 heterocycles. The van der Waals surface area contributed by atoms with Gasteiger partial charge < -0.3 is 10.6 Å². The Kier molecular flexibility index (Phi) is 4.70. The van der Waals surface area contributed by atoms with E-state index in [1.165, 1.54) is 23.7 Å². The summed E-state index contributed by atoms with van der Waals surface area (Å²) in [6.07, 6.45) is -2.34. The number of benzene rings is 1. The van der Waals surface area contributed by atoms with Crippen LogP contribution < -0.4 is 10.6 Å². The predicted octanol–water partition coefficient (Wildman–Crippen LogP) is 2.87. The van der Waals surface area contributed by atoms with E-state index in [0.717, 1.165) is 10.5 Å². The second kappa shape index (κ2) is 5.64. The Morgan fingerprint density at radius 2 is 2.00 bits per heavy atom. The van der Waals surface area contributed by atoms with Gasteiger partial charge in [0, 0.05) is 29.7 Å². The third kappa shape index (κ3) is 3.81. The third-order valence-corrected chi connectivity index (χ3v) is 3.18. The first-order valence-corrected chi connectivity index (χ1v) is 6.25. The summed E-state index contributed by atoms with van der Waals surface area (Å²) in [6, 6.07) is 5.26. The van der Waals surface area contributed by atoms with Gasteiger partial charge in [0.25, 0.3) is 0 Å². The molecule has 1 aromatic carbocycles. The highest BCUT2D eigenvalue weighted by molar-refractivity contribution is 7.98. The molecule has 0 atom stereocenters. The molecule has 0 aliphatic heterocycles. The number of hydrogen-bond donors (Lipinski definition) is 1. The standard InChI is InChI=1S/C11H15F3N2S/c1-16(7-11(12,13)14)9-4-3-5-10(17-2)8(9)6-15/h3-5H,6-7,15H2,1-2H3. The van der Waals surface area contributed by atoms with Crippen LogP contribution in [0.1, 0.15) is 5.56 Å². The van der Waals surface area contributed by atoms with Crippen LogP contribution in [0, 0.1) is 0 Å². The predicted molar refractivity (Wildman–Crippen MR) is 65.4 cm³/mol. The van der Waals surface area contributed by atoms with Crippen molar-refractivity contribution in [1.82, 2.24) is 0 Å². The van der Waals surface area contributed by atoms with Crippen LogP contribution in [0.3, 0.4) is 0 Å². The van der Waals surface area contributed by atoms with Crippen molar-refractivity contribution in [1.29, 1.82) is 0 Å². The minimum absolute atomic E-state index is 0.231. The van der Waals surface area contributed by atoms with Gasteiger partial charge in [-0.15, -0.1) is 11.8 Å². The second-order valence-electron chi connectivity index (χ2n) is 3.63. The fourth-order valence-corrected chi connectivity index (χ4v) is 2.31. The summed E-state index contributed by atoms with van der Waals surface area (Å²) in [4.78, 5) is 2.10. The number of hydrogen-bond acceptors (Lipinski definition) is 3. The van der Waals surface area contributed by atoms with Crippen LogP contribution in [-0.4, -0.2) is 26.0 Å². The lowest BCUT2D eigenvalue weighted by molar-refractivity contribution is -0.119. The van der Waals surface area contributed by atoms with E-state index in [0.29, 0.717) is 5.69 Å². The average molecular weight is 264 g/mol. The van der Waals surface area contributed by atoms with Crippen molar-refractivity contribution in [2.75, 3.05) is 24.7 Å². The van der Waals surface area contributed by atoms with Gasteiger partial charge in [0.05, 0.1) is 0 Å². The van der Waals surface area contributed by atoms with Gasteiger partial charge in [-0.1, -0.05) is 6.07 Å². The Morgan fingerprint density at radius 1 is 1.35 bits per heavy atom. The molecule has 2 nitrogen and oxygen atoms in total. The highest BCUT2D eigenvalue weighted by Gasteiger charge is 2.30. The first-order valence-electron chi connectivity index (χ1n) is 5.03. The first kappa shape index (κ1) is 14.2. The van der Waals surface area contributed by atoms with E-state index < -0.39 is 12.7 Å². The Bertz CT molecular complexity index is 379. The molecule has 17 heavy (non-hydrogen) atoms. The normalized spacial score (nSPS) is 11.6. The highest BCUT2D eigenvalue weighted by Crippen LogP contribution is 2.30. The van der Waals surface area contributed by atoms with Crippen LogP contribution in [0.25, 0.3) is 0 Å². The highest BCUT2D eigenvalue weighted by atomic mass is 32.2. The summed E-state index contributed by atoms with van der Waals surface area (Å²) in [5.41, 5.74) is 6.90. The molecule has 0 unspecified atom stereocenters. The number of thioether (sulfide) groups is 1. The second-order valence-corrected chi connectivity index (χ2v) is 4.48. The molecule has 0 bridgehead atoms. The zero-order valence-corrected chi connectivity index (χ0v) is 10.5. The van der Waals surface area contributed by atoms with Gasteiger partial charge in [0.1, 0.15) is 6.54 Å². The smallest absolute Gasteiger partial charge is 0.365 e. The van der Waals surface area contributed by atoms with E-state index in [-0.39, 0.29) is 6.54 Å². The van der Waals surface area contributed by atoms with Crippen molar-refractivity contribution in [3.05, 3.63) is 23.8 Å². The Morgan fingerprint density at radius 3 is 2.47 bits per heavy atom. The Hall–Kier alpha value is -0.880. The molecule has 0 aliphatic carbocycles. The molecule has 0 spiro atoms. The SMILES string of the molecule is CSc1cccc(N(C)CC(F)(F)F)c1CN. The van der Waals surface area contributed by atoms with Crippen LogP contribution in [0.15, 0.2) is 23.1 Å². The van der Waals surface area contributed by atoms with Crippen molar-refractivity contribution in [3.8, 4) is 0 Å². The molecule has 6 heteroatoms. The molecule has 0 fully saturated rings. The van der Waals surface area contributed by atoms with Crippen LogP contribution in [-0.2, 0) is 6.54 Å². The first-order chi connectivity index (χ1) is 7.89. The molecule has 1 aromatic rings. The number of halogens is 3. The lowest BCUT2D eigenvalue weighted by atomic mass is 10.1. The van der Waals surface area contributed by atoms with Gasteiger partial charge in [-0.05, 0) is 18.4 Å². The summed E-state index contributed by atoms with van der Waals surface area (Å²) in [6.45, 7) is -0.744. The minimum atomic E-state index is -4.21. The molecular formula is C11H15F3N2S. The molecule has 2 N–H and O–H groups in total. The van der Waals surface area contributed by atoms with Crippen molar-refractivity contribution >= 4 is 17.4 Å². The maximum absolute atomic E-state index is 12.3. The van der Waals surface area contributed by atoms with Crippen molar-refractivity contribution in [2.45, 2.75) is 17.6 Å². The molecule has 0 amide bonds. The van der Waals surface area contributed by atoms with Crippen LogP contribution in [0.4, 0.5) is 18.9 Å². The van der Waals surface area contributed by atoms with Crippen molar-refractivity contribution < 1.29 is 13.2 Å². The number of alkyl halides is 3. The summed E-state index contributed by atoms with van der Waals surface area (Å²) < 4.78 is 37.0. The number of nitrogens with two attached hydrogens (primary N) is 1. The fraction of sp³-hybridized carbons (Fsp3) is 0.455. The van der Waals surface area contributed by atoms with Gasteiger partial charge in [-0.3, -0.25) is 0 Å². The maximum atomic E-state index is 12.3. The van der Waals surface area contributed by atoms with Crippen LogP contribution in [0.2, 0.25) is 0 Å². The van der Waals surface area contributed by atoms with Crippen LogP contribution in [0.5, 0.6) is 0 Å². The molecular weight excluding hydrogens is 249 g/mol.